The highest BCUT2D eigenvalue weighted by Gasteiger charge is 2.09. The van der Waals surface area contributed by atoms with Gasteiger partial charge in [0, 0.05) is 22.8 Å². The number of thiophene rings is 1. The third kappa shape index (κ3) is 6.52. The second-order valence-corrected chi connectivity index (χ2v) is 8.22. The molecule has 104 valence electrons. The van der Waals surface area contributed by atoms with E-state index in [1.807, 2.05) is 0 Å². The van der Waals surface area contributed by atoms with Crippen molar-refractivity contribution >= 4 is 21.2 Å². The summed E-state index contributed by atoms with van der Waals surface area (Å²) in [6.45, 7) is 5.47. The van der Waals surface area contributed by atoms with Crippen LogP contribution in [0.4, 0.5) is 0 Å². The summed E-state index contributed by atoms with van der Waals surface area (Å²) in [6.07, 6.45) is 2.86. The van der Waals surface area contributed by atoms with Gasteiger partial charge in [-0.25, -0.2) is 8.42 Å². The predicted octanol–water partition coefficient (Wildman–Crippen LogP) is 2.75. The third-order valence-electron chi connectivity index (χ3n) is 2.74. The molecule has 0 amide bonds. The van der Waals surface area contributed by atoms with Gasteiger partial charge in [-0.05, 0) is 25.5 Å². The van der Waals surface area contributed by atoms with Crippen LogP contribution in [0.25, 0.3) is 0 Å². The van der Waals surface area contributed by atoms with E-state index in [9.17, 15) is 8.42 Å². The standard InChI is InChI=1S/C13H23NO2S2/c1-3-4-5-9-18(15,16)10-8-14-11-13-7-6-12(2)17-13/h6-7,14H,3-5,8-11H2,1-2H3. The topological polar surface area (TPSA) is 46.2 Å². The van der Waals surface area contributed by atoms with Crippen molar-refractivity contribution in [2.24, 2.45) is 0 Å². The molecule has 0 bridgehead atoms. The lowest BCUT2D eigenvalue weighted by Gasteiger charge is -2.05. The fourth-order valence-corrected chi connectivity index (χ4v) is 3.86. The van der Waals surface area contributed by atoms with Gasteiger partial charge in [-0.3, -0.25) is 0 Å². The largest absolute Gasteiger partial charge is 0.311 e. The lowest BCUT2D eigenvalue weighted by Crippen LogP contribution is -2.23. The summed E-state index contributed by atoms with van der Waals surface area (Å²) in [5, 5.41) is 3.19. The molecule has 1 aromatic heterocycles. The first-order chi connectivity index (χ1) is 8.53. The Hall–Kier alpha value is -0.390. The van der Waals surface area contributed by atoms with Crippen LogP contribution < -0.4 is 5.32 Å². The van der Waals surface area contributed by atoms with Gasteiger partial charge in [0.1, 0.15) is 0 Å². The number of nitrogens with one attached hydrogen (secondary N) is 1. The predicted molar refractivity (Wildman–Crippen MR) is 78.9 cm³/mol. The van der Waals surface area contributed by atoms with Crippen LogP contribution in [0.5, 0.6) is 0 Å². The Morgan fingerprint density at radius 2 is 2.00 bits per heavy atom. The van der Waals surface area contributed by atoms with Crippen molar-refractivity contribution in [1.82, 2.24) is 5.32 Å². The molecule has 5 heteroatoms. The molecule has 0 saturated carbocycles. The Bertz CT molecular complexity index is 438. The first-order valence-corrected chi connectivity index (χ1v) is 9.14. The molecule has 0 unspecified atom stereocenters. The molecule has 1 N–H and O–H groups in total. The van der Waals surface area contributed by atoms with Gasteiger partial charge >= 0.3 is 0 Å². The quantitative estimate of drug-likeness (QED) is 0.711. The third-order valence-corrected chi connectivity index (χ3v) is 5.48. The summed E-state index contributed by atoms with van der Waals surface area (Å²) in [7, 11) is -2.86. The van der Waals surface area contributed by atoms with Gasteiger partial charge in [-0.2, -0.15) is 0 Å². The van der Waals surface area contributed by atoms with Crippen molar-refractivity contribution in [3.63, 3.8) is 0 Å². The van der Waals surface area contributed by atoms with Crippen molar-refractivity contribution in [3.8, 4) is 0 Å². The molecule has 3 nitrogen and oxygen atoms in total. The Kier molecular flexibility index (Phi) is 6.89. The SMILES string of the molecule is CCCCCS(=O)(=O)CCNCc1ccc(C)s1. The fourth-order valence-electron chi connectivity index (χ4n) is 1.69. The van der Waals surface area contributed by atoms with Gasteiger partial charge in [-0.15, -0.1) is 11.3 Å². The Balaban J connectivity index is 2.16. The number of hydrogen-bond acceptors (Lipinski definition) is 4. The number of aryl methyl sites for hydroxylation is 1. The van der Waals surface area contributed by atoms with Crippen LogP contribution in [0.1, 0.15) is 35.9 Å². The van der Waals surface area contributed by atoms with E-state index < -0.39 is 9.84 Å². The molecular weight excluding hydrogens is 266 g/mol. The van der Waals surface area contributed by atoms with Crippen molar-refractivity contribution < 1.29 is 8.42 Å². The highest BCUT2D eigenvalue weighted by molar-refractivity contribution is 7.91. The lowest BCUT2D eigenvalue weighted by atomic mass is 10.3. The van der Waals surface area contributed by atoms with Gasteiger partial charge < -0.3 is 5.32 Å². The number of hydrogen-bond donors (Lipinski definition) is 1. The van der Waals surface area contributed by atoms with Crippen molar-refractivity contribution in [3.05, 3.63) is 21.9 Å². The number of sulfone groups is 1. The second-order valence-electron chi connectivity index (χ2n) is 4.55. The first kappa shape index (κ1) is 15.7. The summed E-state index contributed by atoms with van der Waals surface area (Å²) in [5.41, 5.74) is 0. The molecule has 0 saturated heterocycles. The van der Waals surface area contributed by atoms with Crippen LogP contribution in [0.15, 0.2) is 12.1 Å². The summed E-state index contributed by atoms with van der Waals surface area (Å²) in [4.78, 5) is 2.55. The second kappa shape index (κ2) is 7.92. The minimum absolute atomic E-state index is 0.251. The normalized spacial score (nSPS) is 11.9. The highest BCUT2D eigenvalue weighted by atomic mass is 32.2. The minimum atomic E-state index is -2.86. The lowest BCUT2D eigenvalue weighted by molar-refractivity contribution is 0.586. The van der Waals surface area contributed by atoms with Crippen molar-refractivity contribution in [1.29, 1.82) is 0 Å². The number of unbranched alkanes of at least 4 members (excludes halogenated alkanes) is 2. The summed E-state index contributed by atoms with van der Waals surface area (Å²) < 4.78 is 23.4. The van der Waals surface area contributed by atoms with Gasteiger partial charge in [0.2, 0.25) is 0 Å². The van der Waals surface area contributed by atoms with E-state index in [0.29, 0.717) is 12.3 Å². The first-order valence-electron chi connectivity index (χ1n) is 6.50. The monoisotopic (exact) mass is 289 g/mol. The zero-order chi connectivity index (χ0) is 13.4. The maximum Gasteiger partial charge on any atom is 0.151 e. The average Bonchev–Trinajstić information content (AvgIpc) is 2.71. The zero-order valence-electron chi connectivity index (χ0n) is 11.2. The molecule has 1 heterocycles. The van der Waals surface area contributed by atoms with E-state index in [1.165, 1.54) is 9.75 Å². The molecule has 0 atom stereocenters. The fraction of sp³-hybridized carbons (Fsp3) is 0.692. The van der Waals surface area contributed by atoms with Crippen molar-refractivity contribution in [2.75, 3.05) is 18.1 Å². The zero-order valence-corrected chi connectivity index (χ0v) is 12.9. The molecule has 0 fully saturated rings. The van der Waals surface area contributed by atoms with Gasteiger partial charge in [0.25, 0.3) is 0 Å². The average molecular weight is 289 g/mol. The molecule has 0 aliphatic carbocycles. The van der Waals surface area contributed by atoms with Gasteiger partial charge in [0.05, 0.1) is 11.5 Å². The van der Waals surface area contributed by atoms with Crippen LogP contribution in [0.3, 0.4) is 0 Å². The molecule has 1 rings (SSSR count). The van der Waals surface area contributed by atoms with E-state index in [0.717, 1.165) is 25.8 Å². The van der Waals surface area contributed by atoms with Crippen molar-refractivity contribution in [2.45, 2.75) is 39.7 Å². The van der Waals surface area contributed by atoms with Gasteiger partial charge in [0.15, 0.2) is 9.84 Å². The molecule has 1 aromatic rings. The van der Waals surface area contributed by atoms with E-state index in [-0.39, 0.29) is 5.75 Å². The van der Waals surface area contributed by atoms with E-state index in [4.69, 9.17) is 0 Å². The Morgan fingerprint density at radius 1 is 1.22 bits per heavy atom. The summed E-state index contributed by atoms with van der Waals surface area (Å²) in [5.74, 6) is 0.585. The molecule has 0 aliphatic heterocycles. The molecule has 0 aromatic carbocycles. The summed E-state index contributed by atoms with van der Waals surface area (Å²) in [6, 6.07) is 4.17. The molecule has 0 radical (unpaired) electrons. The van der Waals surface area contributed by atoms with E-state index >= 15 is 0 Å². The van der Waals surface area contributed by atoms with Crippen LogP contribution in [-0.2, 0) is 16.4 Å². The smallest absolute Gasteiger partial charge is 0.151 e. The molecule has 0 spiro atoms. The highest BCUT2D eigenvalue weighted by Crippen LogP contribution is 2.14. The number of rotatable bonds is 9. The van der Waals surface area contributed by atoms with Gasteiger partial charge in [-0.1, -0.05) is 19.8 Å². The Labute approximate surface area is 115 Å². The van der Waals surface area contributed by atoms with E-state index in [2.05, 4.69) is 31.3 Å². The minimum Gasteiger partial charge on any atom is -0.311 e. The van der Waals surface area contributed by atoms with Crippen LogP contribution in [-0.4, -0.2) is 26.5 Å². The van der Waals surface area contributed by atoms with E-state index in [1.54, 1.807) is 11.3 Å². The molecule has 18 heavy (non-hydrogen) atoms. The van der Waals surface area contributed by atoms with Crippen LogP contribution in [0.2, 0.25) is 0 Å². The summed E-state index contributed by atoms with van der Waals surface area (Å²) >= 11 is 1.75. The molecular formula is C13H23NO2S2. The maximum atomic E-state index is 11.7. The Morgan fingerprint density at radius 3 is 2.61 bits per heavy atom. The van der Waals surface area contributed by atoms with Crippen LogP contribution in [0, 0.1) is 6.92 Å². The van der Waals surface area contributed by atoms with Crippen LogP contribution >= 0.6 is 11.3 Å². The molecule has 0 aliphatic rings. The maximum absolute atomic E-state index is 11.7.